The van der Waals surface area contributed by atoms with Gasteiger partial charge in [-0.25, -0.2) is 13.8 Å². The highest BCUT2D eigenvalue weighted by molar-refractivity contribution is 5.83. The van der Waals surface area contributed by atoms with E-state index < -0.39 is 5.92 Å². The fraction of sp³-hybridized carbons (Fsp3) is 0.207. The molecule has 0 spiro atoms. The number of nitrogens with zero attached hydrogens (tertiary/aromatic N) is 2. The quantitative estimate of drug-likeness (QED) is 0.283. The van der Waals surface area contributed by atoms with Crippen LogP contribution in [0.1, 0.15) is 35.6 Å². The number of aromatic nitrogens is 2. The van der Waals surface area contributed by atoms with E-state index in [1.807, 2.05) is 54.6 Å². The van der Waals surface area contributed by atoms with Gasteiger partial charge in [-0.3, -0.25) is 9.78 Å². The topological polar surface area (TPSA) is 54.9 Å². The zero-order chi connectivity index (χ0) is 24.7. The zero-order valence-corrected chi connectivity index (χ0v) is 19.5. The summed E-state index contributed by atoms with van der Waals surface area (Å²) in [5.41, 5.74) is 4.38. The second-order valence-corrected chi connectivity index (χ2v) is 8.44. The fourth-order valence-electron chi connectivity index (χ4n) is 3.83. The SMILES string of the molecule is CCC(F)(F)c1ccc(CC(=O)Cc2ccc(-c3nccnc3NCc3ccccc3)cc2)cc1. The van der Waals surface area contributed by atoms with Crippen LogP contribution in [0.5, 0.6) is 0 Å². The minimum atomic E-state index is -2.84. The van der Waals surface area contributed by atoms with Crippen molar-refractivity contribution in [2.24, 2.45) is 0 Å². The number of benzene rings is 3. The Morgan fingerprint density at radius 3 is 2.03 bits per heavy atom. The van der Waals surface area contributed by atoms with Gasteiger partial charge in [0, 0.05) is 49.3 Å². The van der Waals surface area contributed by atoms with E-state index in [2.05, 4.69) is 15.3 Å². The molecule has 0 saturated carbocycles. The van der Waals surface area contributed by atoms with Crippen molar-refractivity contribution in [3.8, 4) is 11.3 Å². The molecule has 1 aromatic heterocycles. The van der Waals surface area contributed by atoms with E-state index in [0.717, 1.165) is 27.9 Å². The summed E-state index contributed by atoms with van der Waals surface area (Å²) < 4.78 is 27.6. The Balaban J connectivity index is 1.38. The predicted octanol–water partition coefficient (Wildman–Crippen LogP) is 6.61. The van der Waals surface area contributed by atoms with Crippen LogP contribution in [-0.2, 0) is 30.1 Å². The van der Waals surface area contributed by atoms with Gasteiger partial charge in [0.1, 0.15) is 11.5 Å². The lowest BCUT2D eigenvalue weighted by Crippen LogP contribution is -2.12. The monoisotopic (exact) mass is 471 g/mol. The molecule has 0 aliphatic heterocycles. The van der Waals surface area contributed by atoms with Gasteiger partial charge in [-0.05, 0) is 16.7 Å². The Morgan fingerprint density at radius 1 is 0.800 bits per heavy atom. The number of rotatable bonds is 10. The average molecular weight is 472 g/mol. The van der Waals surface area contributed by atoms with Crippen molar-refractivity contribution in [2.75, 3.05) is 5.32 Å². The molecule has 0 fully saturated rings. The van der Waals surface area contributed by atoms with Crippen LogP contribution < -0.4 is 5.32 Å². The van der Waals surface area contributed by atoms with Gasteiger partial charge in [0.2, 0.25) is 0 Å². The van der Waals surface area contributed by atoms with Crippen molar-refractivity contribution < 1.29 is 13.6 Å². The number of Topliss-reactive ketones (excluding diaryl/α,β-unsaturated/α-hetero) is 1. The molecular weight excluding hydrogens is 444 g/mol. The molecule has 0 atom stereocenters. The Kier molecular flexibility index (Phi) is 7.60. The van der Waals surface area contributed by atoms with Crippen LogP contribution in [0.15, 0.2) is 91.3 Å². The smallest absolute Gasteiger partial charge is 0.273 e. The Morgan fingerprint density at radius 2 is 1.40 bits per heavy atom. The lowest BCUT2D eigenvalue weighted by molar-refractivity contribution is -0.117. The highest BCUT2D eigenvalue weighted by Crippen LogP contribution is 2.31. The lowest BCUT2D eigenvalue weighted by atomic mass is 9.99. The van der Waals surface area contributed by atoms with E-state index in [4.69, 9.17) is 0 Å². The van der Waals surface area contributed by atoms with E-state index in [-0.39, 0.29) is 30.6 Å². The van der Waals surface area contributed by atoms with Gasteiger partial charge in [0.15, 0.2) is 5.82 Å². The second-order valence-electron chi connectivity index (χ2n) is 8.44. The molecule has 4 aromatic rings. The summed E-state index contributed by atoms with van der Waals surface area (Å²) in [6.07, 6.45) is 3.53. The Bertz CT molecular complexity index is 1260. The summed E-state index contributed by atoms with van der Waals surface area (Å²) >= 11 is 0. The average Bonchev–Trinajstić information content (AvgIpc) is 2.89. The third kappa shape index (κ3) is 6.35. The molecule has 178 valence electrons. The normalized spacial score (nSPS) is 11.3. The standard InChI is InChI=1S/C29H27F2N3O/c1-2-29(30,31)25-14-10-22(11-15-25)19-26(35)18-21-8-12-24(13-9-21)27-28(33-17-16-32-27)34-20-23-6-4-3-5-7-23/h3-17H,2,18-20H2,1H3,(H,33,34). The molecular formula is C29H27F2N3O. The van der Waals surface area contributed by atoms with Gasteiger partial charge in [-0.15, -0.1) is 0 Å². The van der Waals surface area contributed by atoms with Crippen molar-refractivity contribution in [1.29, 1.82) is 0 Å². The first kappa shape index (κ1) is 24.2. The summed E-state index contributed by atoms with van der Waals surface area (Å²) in [5, 5.41) is 3.34. The molecule has 3 aromatic carbocycles. The number of hydrogen-bond acceptors (Lipinski definition) is 4. The van der Waals surface area contributed by atoms with Crippen LogP contribution in [0.3, 0.4) is 0 Å². The first-order valence-corrected chi connectivity index (χ1v) is 11.6. The molecule has 4 rings (SSSR count). The molecule has 0 aliphatic carbocycles. The first-order valence-electron chi connectivity index (χ1n) is 11.6. The van der Waals surface area contributed by atoms with Gasteiger partial charge in [-0.1, -0.05) is 85.8 Å². The molecule has 1 heterocycles. The number of nitrogens with one attached hydrogen (secondary N) is 1. The molecule has 0 amide bonds. The summed E-state index contributed by atoms with van der Waals surface area (Å²) in [4.78, 5) is 21.5. The van der Waals surface area contributed by atoms with Crippen molar-refractivity contribution in [3.63, 3.8) is 0 Å². The molecule has 6 heteroatoms. The molecule has 0 saturated heterocycles. The number of alkyl halides is 2. The number of carbonyl (C=O) groups excluding carboxylic acids is 1. The van der Waals surface area contributed by atoms with Gasteiger partial charge < -0.3 is 5.32 Å². The minimum absolute atomic E-state index is 0.0200. The number of ketones is 1. The van der Waals surface area contributed by atoms with Crippen molar-refractivity contribution in [2.45, 2.75) is 38.7 Å². The van der Waals surface area contributed by atoms with Gasteiger partial charge in [0.05, 0.1) is 0 Å². The van der Waals surface area contributed by atoms with E-state index in [1.54, 1.807) is 24.5 Å². The highest BCUT2D eigenvalue weighted by atomic mass is 19.3. The van der Waals surface area contributed by atoms with Crippen LogP contribution in [0.2, 0.25) is 0 Å². The molecule has 1 N–H and O–H groups in total. The predicted molar refractivity (Wildman–Crippen MR) is 134 cm³/mol. The largest absolute Gasteiger partial charge is 0.364 e. The van der Waals surface area contributed by atoms with Crippen LogP contribution in [0, 0.1) is 0 Å². The van der Waals surface area contributed by atoms with Gasteiger partial charge in [0.25, 0.3) is 5.92 Å². The fourth-order valence-corrected chi connectivity index (χ4v) is 3.83. The highest BCUT2D eigenvalue weighted by Gasteiger charge is 2.28. The van der Waals surface area contributed by atoms with E-state index in [9.17, 15) is 13.6 Å². The number of hydrogen-bond donors (Lipinski definition) is 1. The molecule has 35 heavy (non-hydrogen) atoms. The zero-order valence-electron chi connectivity index (χ0n) is 19.5. The van der Waals surface area contributed by atoms with E-state index >= 15 is 0 Å². The summed E-state index contributed by atoms with van der Waals surface area (Å²) in [6.45, 7) is 2.09. The minimum Gasteiger partial charge on any atom is -0.364 e. The van der Waals surface area contributed by atoms with Crippen molar-refractivity contribution in [3.05, 3.63) is 114 Å². The molecule has 0 bridgehead atoms. The van der Waals surface area contributed by atoms with Crippen LogP contribution in [-0.4, -0.2) is 15.8 Å². The van der Waals surface area contributed by atoms with E-state index in [0.29, 0.717) is 12.4 Å². The van der Waals surface area contributed by atoms with Crippen LogP contribution in [0.4, 0.5) is 14.6 Å². The summed E-state index contributed by atoms with van der Waals surface area (Å²) in [7, 11) is 0. The van der Waals surface area contributed by atoms with Crippen molar-refractivity contribution >= 4 is 11.6 Å². The van der Waals surface area contributed by atoms with Crippen LogP contribution >= 0.6 is 0 Å². The second kappa shape index (κ2) is 11.0. The van der Waals surface area contributed by atoms with Gasteiger partial charge in [-0.2, -0.15) is 0 Å². The third-order valence-corrected chi connectivity index (χ3v) is 5.85. The Hall–Kier alpha value is -3.93. The number of anilines is 1. The van der Waals surface area contributed by atoms with Crippen molar-refractivity contribution in [1.82, 2.24) is 9.97 Å². The maximum atomic E-state index is 13.8. The summed E-state index contributed by atoms with van der Waals surface area (Å²) in [6, 6.07) is 23.8. The maximum Gasteiger partial charge on any atom is 0.273 e. The Labute approximate surface area is 204 Å². The molecule has 0 unspecified atom stereocenters. The molecule has 0 aliphatic rings. The molecule has 4 nitrogen and oxygen atoms in total. The number of carbonyl (C=O) groups is 1. The van der Waals surface area contributed by atoms with Gasteiger partial charge >= 0.3 is 0 Å². The first-order chi connectivity index (χ1) is 16.9. The van der Waals surface area contributed by atoms with Crippen LogP contribution in [0.25, 0.3) is 11.3 Å². The maximum absolute atomic E-state index is 13.8. The third-order valence-electron chi connectivity index (χ3n) is 5.85. The lowest BCUT2D eigenvalue weighted by Gasteiger charge is -2.14. The molecule has 0 radical (unpaired) electrons. The number of halogens is 2. The van der Waals surface area contributed by atoms with E-state index in [1.165, 1.54) is 19.1 Å². The summed E-state index contributed by atoms with van der Waals surface area (Å²) in [5.74, 6) is -2.13.